The molecule has 0 spiro atoms. The standard InChI is InChI=1S/C12H14N6O3/c13-10-9-11(17-2-1-14-12(17)16-10)18(5-15-9)8-3-6(20)7(4-19)21-8/h1-2,5-8,19-20H,3-4H2,(H2,13,14,16)/t6-,7+,8+/m0/s1. The molecule has 0 aliphatic carbocycles. The average Bonchev–Trinajstić information content (AvgIpc) is 3.14. The van der Waals surface area contributed by atoms with Crippen molar-refractivity contribution in [2.75, 3.05) is 12.3 Å². The summed E-state index contributed by atoms with van der Waals surface area (Å²) in [5.74, 6) is 0.763. The highest BCUT2D eigenvalue weighted by atomic mass is 16.5. The van der Waals surface area contributed by atoms with Gasteiger partial charge in [-0.15, -0.1) is 0 Å². The molecule has 1 aliphatic heterocycles. The number of nitrogens with zero attached hydrogens (tertiary/aromatic N) is 5. The molecule has 21 heavy (non-hydrogen) atoms. The summed E-state index contributed by atoms with van der Waals surface area (Å²) in [6, 6.07) is 0. The summed E-state index contributed by atoms with van der Waals surface area (Å²) in [4.78, 5) is 12.6. The summed E-state index contributed by atoms with van der Waals surface area (Å²) in [6.07, 6.45) is 3.62. The molecule has 0 radical (unpaired) electrons. The second-order valence-electron chi connectivity index (χ2n) is 5.03. The van der Waals surface area contributed by atoms with Gasteiger partial charge in [0.05, 0.1) is 19.0 Å². The number of nitrogen functional groups attached to an aromatic ring is 1. The molecule has 110 valence electrons. The number of nitrogens with two attached hydrogens (primary N) is 1. The fourth-order valence-electron chi connectivity index (χ4n) is 2.74. The van der Waals surface area contributed by atoms with E-state index in [-0.39, 0.29) is 6.61 Å². The summed E-state index contributed by atoms with van der Waals surface area (Å²) in [5.41, 5.74) is 7.15. The Bertz CT molecular complexity index is 812. The highest BCUT2D eigenvalue weighted by Crippen LogP contribution is 2.32. The van der Waals surface area contributed by atoms with Crippen molar-refractivity contribution in [1.29, 1.82) is 0 Å². The number of ether oxygens (including phenoxy) is 1. The first-order valence-corrected chi connectivity index (χ1v) is 6.58. The van der Waals surface area contributed by atoms with Gasteiger partial charge in [-0.05, 0) is 0 Å². The predicted molar refractivity (Wildman–Crippen MR) is 72.3 cm³/mol. The van der Waals surface area contributed by atoms with Crippen LogP contribution in [-0.4, -0.2) is 52.9 Å². The number of fused-ring (bicyclic) bond motifs is 3. The van der Waals surface area contributed by atoms with E-state index in [1.54, 1.807) is 27.7 Å². The van der Waals surface area contributed by atoms with Crippen LogP contribution in [0.4, 0.5) is 5.82 Å². The average molecular weight is 290 g/mol. The first-order valence-electron chi connectivity index (χ1n) is 6.58. The Morgan fingerprint density at radius 3 is 3.05 bits per heavy atom. The molecule has 4 heterocycles. The van der Waals surface area contributed by atoms with E-state index in [0.29, 0.717) is 29.2 Å². The van der Waals surface area contributed by atoms with Gasteiger partial charge >= 0.3 is 0 Å². The van der Waals surface area contributed by atoms with Gasteiger partial charge in [0.1, 0.15) is 17.8 Å². The Hall–Kier alpha value is -2.23. The molecule has 9 heteroatoms. The molecule has 1 aliphatic rings. The van der Waals surface area contributed by atoms with E-state index in [2.05, 4.69) is 15.0 Å². The third kappa shape index (κ3) is 1.71. The van der Waals surface area contributed by atoms with E-state index in [1.165, 1.54) is 0 Å². The first kappa shape index (κ1) is 12.5. The number of hydrogen-bond donors (Lipinski definition) is 3. The second kappa shape index (κ2) is 4.38. The summed E-state index contributed by atoms with van der Waals surface area (Å²) in [7, 11) is 0. The minimum Gasteiger partial charge on any atom is -0.394 e. The normalized spacial score (nSPS) is 26.1. The molecule has 4 N–H and O–H groups in total. The molecule has 1 saturated heterocycles. The van der Waals surface area contributed by atoms with Gasteiger partial charge in [-0.25, -0.2) is 9.97 Å². The monoisotopic (exact) mass is 290 g/mol. The molecule has 9 nitrogen and oxygen atoms in total. The number of imidazole rings is 2. The third-order valence-corrected chi connectivity index (χ3v) is 3.77. The SMILES string of the molecule is Nc1nc2nccn2c2c1ncn2[C@H]1C[C@H](O)[C@@H](CO)O1. The predicted octanol–water partition coefficient (Wildman–Crippen LogP) is -0.698. The van der Waals surface area contributed by atoms with E-state index in [4.69, 9.17) is 10.5 Å². The highest BCUT2D eigenvalue weighted by Gasteiger charge is 2.35. The van der Waals surface area contributed by atoms with Crippen LogP contribution in [0, 0.1) is 0 Å². The van der Waals surface area contributed by atoms with Crippen LogP contribution in [0.2, 0.25) is 0 Å². The Balaban J connectivity index is 1.90. The third-order valence-electron chi connectivity index (χ3n) is 3.77. The van der Waals surface area contributed by atoms with E-state index in [1.807, 2.05) is 0 Å². The molecule has 4 rings (SSSR count). The zero-order chi connectivity index (χ0) is 14.6. The minimum atomic E-state index is -0.713. The number of rotatable bonds is 2. The number of aromatic nitrogens is 5. The minimum absolute atomic E-state index is 0.228. The van der Waals surface area contributed by atoms with Gasteiger partial charge in [-0.3, -0.25) is 8.97 Å². The molecule has 0 unspecified atom stereocenters. The lowest BCUT2D eigenvalue weighted by Gasteiger charge is -2.14. The molecule has 3 aromatic heterocycles. The quantitative estimate of drug-likeness (QED) is 0.570. The molecule has 0 saturated carbocycles. The first-order chi connectivity index (χ1) is 10.2. The maximum absolute atomic E-state index is 9.88. The van der Waals surface area contributed by atoms with Gasteiger partial charge in [-0.1, -0.05) is 0 Å². The molecular weight excluding hydrogens is 276 g/mol. The topological polar surface area (TPSA) is 124 Å². The fraction of sp³-hybridized carbons (Fsp3) is 0.417. The Labute approximate surface area is 118 Å². The van der Waals surface area contributed by atoms with Crippen molar-refractivity contribution in [2.45, 2.75) is 24.9 Å². The summed E-state index contributed by atoms with van der Waals surface area (Å²) < 4.78 is 9.21. The Kier molecular flexibility index (Phi) is 2.61. The van der Waals surface area contributed by atoms with Crippen molar-refractivity contribution >= 4 is 22.8 Å². The number of aliphatic hydroxyl groups is 2. The Morgan fingerprint density at radius 1 is 1.43 bits per heavy atom. The molecule has 0 aromatic carbocycles. The molecule has 0 amide bonds. The van der Waals surface area contributed by atoms with Crippen molar-refractivity contribution in [1.82, 2.24) is 23.9 Å². The van der Waals surface area contributed by atoms with Gasteiger partial charge in [0.25, 0.3) is 0 Å². The molecule has 3 atom stereocenters. The lowest BCUT2D eigenvalue weighted by atomic mass is 10.2. The molecule has 3 aromatic rings. The molecule has 1 fully saturated rings. The zero-order valence-corrected chi connectivity index (χ0v) is 11.0. The molecule has 0 bridgehead atoms. The zero-order valence-electron chi connectivity index (χ0n) is 11.0. The fourth-order valence-corrected chi connectivity index (χ4v) is 2.74. The highest BCUT2D eigenvalue weighted by molar-refractivity contribution is 5.84. The lowest BCUT2D eigenvalue weighted by Crippen LogP contribution is -2.24. The van der Waals surface area contributed by atoms with E-state index < -0.39 is 18.4 Å². The van der Waals surface area contributed by atoms with Crippen LogP contribution < -0.4 is 5.73 Å². The van der Waals surface area contributed by atoms with Crippen molar-refractivity contribution in [3.05, 3.63) is 18.7 Å². The Morgan fingerprint density at radius 2 is 2.29 bits per heavy atom. The molecular formula is C12H14N6O3. The van der Waals surface area contributed by atoms with Crippen LogP contribution in [0.25, 0.3) is 16.9 Å². The number of anilines is 1. The van der Waals surface area contributed by atoms with Gasteiger partial charge < -0.3 is 20.7 Å². The maximum atomic E-state index is 9.88. The smallest absolute Gasteiger partial charge is 0.237 e. The summed E-state index contributed by atoms with van der Waals surface area (Å²) in [5, 5.41) is 19.1. The number of hydrogen-bond acceptors (Lipinski definition) is 7. The van der Waals surface area contributed by atoms with Crippen LogP contribution in [0.5, 0.6) is 0 Å². The summed E-state index contributed by atoms with van der Waals surface area (Å²) in [6.45, 7) is -0.228. The van der Waals surface area contributed by atoms with Crippen molar-refractivity contribution in [3.8, 4) is 0 Å². The van der Waals surface area contributed by atoms with Crippen molar-refractivity contribution < 1.29 is 14.9 Å². The van der Waals surface area contributed by atoms with Crippen LogP contribution >= 0.6 is 0 Å². The van der Waals surface area contributed by atoms with Gasteiger partial charge in [0, 0.05) is 18.8 Å². The number of aliphatic hydroxyl groups excluding tert-OH is 2. The van der Waals surface area contributed by atoms with Crippen molar-refractivity contribution in [3.63, 3.8) is 0 Å². The van der Waals surface area contributed by atoms with Crippen molar-refractivity contribution in [2.24, 2.45) is 0 Å². The van der Waals surface area contributed by atoms with Crippen LogP contribution in [0.15, 0.2) is 18.7 Å². The van der Waals surface area contributed by atoms with Crippen LogP contribution in [0.1, 0.15) is 12.6 Å². The van der Waals surface area contributed by atoms with Crippen LogP contribution in [-0.2, 0) is 4.74 Å². The van der Waals surface area contributed by atoms with Gasteiger partial charge in [-0.2, -0.15) is 4.98 Å². The second-order valence-corrected chi connectivity index (χ2v) is 5.03. The van der Waals surface area contributed by atoms with E-state index >= 15 is 0 Å². The summed E-state index contributed by atoms with van der Waals surface area (Å²) >= 11 is 0. The van der Waals surface area contributed by atoms with E-state index in [0.717, 1.165) is 0 Å². The van der Waals surface area contributed by atoms with Gasteiger partial charge in [0.2, 0.25) is 5.78 Å². The largest absolute Gasteiger partial charge is 0.394 e. The van der Waals surface area contributed by atoms with Crippen LogP contribution in [0.3, 0.4) is 0 Å². The van der Waals surface area contributed by atoms with E-state index in [9.17, 15) is 10.2 Å². The maximum Gasteiger partial charge on any atom is 0.237 e. The van der Waals surface area contributed by atoms with Gasteiger partial charge in [0.15, 0.2) is 11.5 Å². The lowest BCUT2D eigenvalue weighted by molar-refractivity contribution is -0.0432.